The third kappa shape index (κ3) is 3.34. The molecular weight excluding hydrogens is 243 g/mol. The molecule has 2 nitrogen and oxygen atoms in total. The molecule has 1 aromatic rings. The summed E-state index contributed by atoms with van der Waals surface area (Å²) in [4.78, 5) is 12.1. The molecule has 0 saturated heterocycles. The van der Waals surface area contributed by atoms with Crippen molar-refractivity contribution in [3.63, 3.8) is 0 Å². The van der Waals surface area contributed by atoms with Crippen LogP contribution in [0.1, 0.15) is 62.7 Å². The van der Waals surface area contributed by atoms with Gasteiger partial charge in [-0.1, -0.05) is 26.2 Å². The zero-order valence-electron chi connectivity index (χ0n) is 11.7. The number of Topliss-reactive ketones (excluding diaryl/α,β-unsaturated/α-hetero) is 1. The van der Waals surface area contributed by atoms with Crippen LogP contribution < -0.4 is 4.74 Å². The zero-order valence-corrected chi connectivity index (χ0v) is 11.7. The van der Waals surface area contributed by atoms with E-state index in [2.05, 4.69) is 6.92 Å². The van der Waals surface area contributed by atoms with Crippen molar-refractivity contribution >= 4 is 5.78 Å². The number of carbonyl (C=O) groups excluding carboxylic acids is 1. The third-order valence-corrected chi connectivity index (χ3v) is 3.69. The summed E-state index contributed by atoms with van der Waals surface area (Å²) in [5, 5.41) is 0. The van der Waals surface area contributed by atoms with Gasteiger partial charge < -0.3 is 4.74 Å². The molecule has 1 aliphatic rings. The molecule has 0 bridgehead atoms. The highest BCUT2D eigenvalue weighted by Crippen LogP contribution is 2.36. The maximum absolute atomic E-state index is 13.1. The monoisotopic (exact) mass is 264 g/mol. The number of fused-ring (bicyclic) bond motifs is 1. The summed E-state index contributed by atoms with van der Waals surface area (Å²) < 4.78 is 19.1. The Kier molecular flexibility index (Phi) is 4.23. The van der Waals surface area contributed by atoms with Crippen LogP contribution in [0.4, 0.5) is 4.39 Å². The summed E-state index contributed by atoms with van der Waals surface area (Å²) in [6.45, 7) is 4.15. The van der Waals surface area contributed by atoms with Crippen molar-refractivity contribution in [3.05, 3.63) is 29.6 Å². The number of carbonyl (C=O) groups is 1. The number of unbranched alkanes of at least 4 members (excludes halogenated alkanes) is 3. The molecule has 0 fully saturated rings. The fourth-order valence-electron chi connectivity index (χ4n) is 2.61. The van der Waals surface area contributed by atoms with Gasteiger partial charge in [-0.3, -0.25) is 4.79 Å². The lowest BCUT2D eigenvalue weighted by Crippen LogP contribution is -2.39. The van der Waals surface area contributed by atoms with E-state index in [9.17, 15) is 9.18 Å². The Labute approximate surface area is 114 Å². The van der Waals surface area contributed by atoms with Gasteiger partial charge >= 0.3 is 0 Å². The molecule has 1 atom stereocenters. The number of hydrogen-bond donors (Lipinski definition) is 0. The van der Waals surface area contributed by atoms with Crippen LogP contribution in [0, 0.1) is 5.82 Å². The van der Waals surface area contributed by atoms with E-state index in [1.807, 2.05) is 6.92 Å². The molecule has 2 rings (SSSR count). The average Bonchev–Trinajstić information content (AvgIpc) is 2.36. The van der Waals surface area contributed by atoms with Crippen LogP contribution in [-0.4, -0.2) is 11.4 Å². The molecule has 0 aliphatic carbocycles. The second kappa shape index (κ2) is 5.72. The second-order valence-electron chi connectivity index (χ2n) is 5.60. The Balaban J connectivity index is 2.07. The summed E-state index contributed by atoms with van der Waals surface area (Å²) in [7, 11) is 0. The van der Waals surface area contributed by atoms with E-state index in [0.29, 0.717) is 17.7 Å². The smallest absolute Gasteiger partial charge is 0.170 e. The van der Waals surface area contributed by atoms with Gasteiger partial charge in [-0.25, -0.2) is 4.39 Å². The molecule has 0 radical (unpaired) electrons. The molecule has 1 aliphatic heterocycles. The van der Waals surface area contributed by atoms with Crippen molar-refractivity contribution in [2.45, 2.75) is 58.0 Å². The van der Waals surface area contributed by atoms with Crippen LogP contribution in [0.25, 0.3) is 0 Å². The molecule has 1 aromatic carbocycles. The second-order valence-corrected chi connectivity index (χ2v) is 5.60. The molecule has 3 heteroatoms. The molecule has 0 amide bonds. The Morgan fingerprint density at radius 2 is 2.11 bits per heavy atom. The van der Waals surface area contributed by atoms with Crippen molar-refractivity contribution in [3.8, 4) is 5.75 Å². The van der Waals surface area contributed by atoms with E-state index >= 15 is 0 Å². The third-order valence-electron chi connectivity index (χ3n) is 3.69. The molecule has 0 spiro atoms. The van der Waals surface area contributed by atoms with Crippen LogP contribution >= 0.6 is 0 Å². The summed E-state index contributed by atoms with van der Waals surface area (Å²) in [6, 6.07) is 4.18. The first-order valence-electron chi connectivity index (χ1n) is 7.06. The summed E-state index contributed by atoms with van der Waals surface area (Å²) in [6.07, 6.45) is 5.85. The zero-order chi connectivity index (χ0) is 13.9. The Bertz CT molecular complexity index is 470. The molecule has 0 aromatic heterocycles. The fraction of sp³-hybridized carbons (Fsp3) is 0.562. The Hall–Kier alpha value is -1.38. The van der Waals surface area contributed by atoms with Crippen molar-refractivity contribution < 1.29 is 13.9 Å². The SMILES string of the molecule is CCCCCCC1(C)CC(=O)c2cc(F)ccc2O1. The highest BCUT2D eigenvalue weighted by Gasteiger charge is 2.36. The van der Waals surface area contributed by atoms with E-state index in [1.54, 1.807) is 6.07 Å². The molecular formula is C16H21FO2. The van der Waals surface area contributed by atoms with E-state index in [1.165, 1.54) is 31.4 Å². The standard InChI is InChI=1S/C16H21FO2/c1-3-4-5-6-9-16(2)11-14(18)13-10-12(17)7-8-15(13)19-16/h7-8,10H,3-6,9,11H2,1-2H3. The van der Waals surface area contributed by atoms with Crippen LogP contribution in [0.5, 0.6) is 5.75 Å². The van der Waals surface area contributed by atoms with Crippen molar-refractivity contribution in [2.24, 2.45) is 0 Å². The Morgan fingerprint density at radius 3 is 2.84 bits per heavy atom. The van der Waals surface area contributed by atoms with E-state index in [-0.39, 0.29) is 11.6 Å². The van der Waals surface area contributed by atoms with Crippen LogP contribution in [-0.2, 0) is 0 Å². The fourth-order valence-corrected chi connectivity index (χ4v) is 2.61. The number of ether oxygens (including phenoxy) is 1. The van der Waals surface area contributed by atoms with Gasteiger partial charge in [0.05, 0.1) is 12.0 Å². The van der Waals surface area contributed by atoms with Crippen LogP contribution in [0.2, 0.25) is 0 Å². The minimum Gasteiger partial charge on any atom is -0.486 e. The number of rotatable bonds is 5. The van der Waals surface area contributed by atoms with Gasteiger partial charge in [-0.2, -0.15) is 0 Å². The van der Waals surface area contributed by atoms with Crippen LogP contribution in [0.3, 0.4) is 0 Å². The first-order chi connectivity index (χ1) is 9.04. The quantitative estimate of drug-likeness (QED) is 0.731. The Morgan fingerprint density at radius 1 is 1.32 bits per heavy atom. The van der Waals surface area contributed by atoms with Crippen molar-refractivity contribution in [1.29, 1.82) is 0 Å². The normalized spacial score (nSPS) is 21.9. The summed E-state index contributed by atoms with van der Waals surface area (Å²) in [5.41, 5.74) is -0.0543. The maximum Gasteiger partial charge on any atom is 0.170 e. The molecule has 1 heterocycles. The molecule has 1 unspecified atom stereocenters. The first-order valence-corrected chi connectivity index (χ1v) is 7.06. The van der Waals surface area contributed by atoms with Gasteiger partial charge in [0.15, 0.2) is 5.78 Å². The van der Waals surface area contributed by atoms with Gasteiger partial charge in [-0.15, -0.1) is 0 Å². The summed E-state index contributed by atoms with van der Waals surface area (Å²) in [5.74, 6) is 0.122. The molecule has 0 N–H and O–H groups in total. The lowest BCUT2D eigenvalue weighted by atomic mass is 9.87. The number of hydrogen-bond acceptors (Lipinski definition) is 2. The maximum atomic E-state index is 13.1. The minimum absolute atomic E-state index is 0.0151. The highest BCUT2D eigenvalue weighted by molar-refractivity contribution is 6.00. The molecule has 0 saturated carbocycles. The topological polar surface area (TPSA) is 26.3 Å². The predicted octanol–water partition coefficient (Wildman–Crippen LogP) is 4.52. The number of benzene rings is 1. The van der Waals surface area contributed by atoms with E-state index in [4.69, 9.17) is 4.74 Å². The highest BCUT2D eigenvalue weighted by atomic mass is 19.1. The van der Waals surface area contributed by atoms with Crippen LogP contribution in [0.15, 0.2) is 18.2 Å². The van der Waals surface area contributed by atoms with Gasteiger partial charge in [0.25, 0.3) is 0 Å². The van der Waals surface area contributed by atoms with E-state index in [0.717, 1.165) is 12.8 Å². The lowest BCUT2D eigenvalue weighted by molar-refractivity contribution is 0.0451. The van der Waals surface area contributed by atoms with Gasteiger partial charge in [-0.05, 0) is 38.0 Å². The molecule has 19 heavy (non-hydrogen) atoms. The number of ketones is 1. The lowest BCUT2D eigenvalue weighted by Gasteiger charge is -2.35. The van der Waals surface area contributed by atoms with Crippen molar-refractivity contribution in [2.75, 3.05) is 0 Å². The first kappa shape index (κ1) is 14.0. The minimum atomic E-state index is -0.435. The van der Waals surface area contributed by atoms with Gasteiger partial charge in [0.1, 0.15) is 17.2 Å². The largest absolute Gasteiger partial charge is 0.486 e. The molecule has 104 valence electrons. The van der Waals surface area contributed by atoms with E-state index < -0.39 is 5.60 Å². The van der Waals surface area contributed by atoms with Gasteiger partial charge in [0.2, 0.25) is 0 Å². The number of halogens is 1. The summed E-state index contributed by atoms with van der Waals surface area (Å²) >= 11 is 0. The van der Waals surface area contributed by atoms with Crippen molar-refractivity contribution in [1.82, 2.24) is 0 Å². The predicted molar refractivity (Wildman–Crippen MR) is 73.1 cm³/mol. The average molecular weight is 264 g/mol. The van der Waals surface area contributed by atoms with Gasteiger partial charge in [0, 0.05) is 0 Å².